The molecule has 0 bridgehead atoms. The molecule has 1 unspecified atom stereocenters. The lowest BCUT2D eigenvalue weighted by Crippen LogP contribution is -2.40. The molecule has 1 amide bonds. The van der Waals surface area contributed by atoms with Crippen LogP contribution in [0.1, 0.15) is 50.1 Å². The summed E-state index contributed by atoms with van der Waals surface area (Å²) in [6.45, 7) is 4.52. The van der Waals surface area contributed by atoms with Crippen LogP contribution < -0.4 is 11.1 Å². The molecule has 4 nitrogen and oxygen atoms in total. The van der Waals surface area contributed by atoms with E-state index in [-0.39, 0.29) is 11.9 Å². The van der Waals surface area contributed by atoms with E-state index in [0.29, 0.717) is 22.4 Å². The highest BCUT2D eigenvalue weighted by atomic mass is 16.3. The quantitative estimate of drug-likeness (QED) is 0.827. The fourth-order valence-corrected chi connectivity index (χ4v) is 3.25. The maximum Gasteiger partial charge on any atom is 0.287 e. The summed E-state index contributed by atoms with van der Waals surface area (Å²) in [5.41, 5.74) is 7.41. The summed E-state index contributed by atoms with van der Waals surface area (Å²) in [4.78, 5) is 12.3. The maximum atomic E-state index is 12.3. The second kappa shape index (κ2) is 5.10. The lowest BCUT2D eigenvalue weighted by molar-refractivity contribution is 0.0876. The molecule has 1 aliphatic rings. The van der Waals surface area contributed by atoms with Crippen molar-refractivity contribution in [1.29, 1.82) is 0 Å². The van der Waals surface area contributed by atoms with Gasteiger partial charge in [-0.2, -0.15) is 0 Å². The normalized spacial score (nSPS) is 21.3. The van der Waals surface area contributed by atoms with Crippen LogP contribution in [0.5, 0.6) is 0 Å². The van der Waals surface area contributed by atoms with Gasteiger partial charge in [0.15, 0.2) is 5.76 Å². The predicted molar refractivity (Wildman–Crippen MR) is 84.1 cm³/mol. The molecule has 21 heavy (non-hydrogen) atoms. The van der Waals surface area contributed by atoms with E-state index in [1.807, 2.05) is 6.07 Å². The van der Waals surface area contributed by atoms with Crippen LogP contribution in [0, 0.1) is 5.41 Å². The Balaban J connectivity index is 1.74. The van der Waals surface area contributed by atoms with Crippen molar-refractivity contribution in [3.63, 3.8) is 0 Å². The Bertz CT molecular complexity index is 672. The second-order valence-electron chi connectivity index (χ2n) is 6.84. The number of carbonyl (C=O) groups is 1. The number of hydrogen-bond acceptors (Lipinski definition) is 3. The highest BCUT2D eigenvalue weighted by molar-refractivity contribution is 5.96. The van der Waals surface area contributed by atoms with Gasteiger partial charge in [-0.05, 0) is 48.9 Å². The molecular weight excluding hydrogens is 264 g/mol. The van der Waals surface area contributed by atoms with Gasteiger partial charge in [-0.15, -0.1) is 0 Å². The molecule has 0 radical (unpaired) electrons. The Morgan fingerprint density at radius 1 is 1.38 bits per heavy atom. The largest absolute Gasteiger partial charge is 0.451 e. The Morgan fingerprint density at radius 3 is 2.95 bits per heavy atom. The number of amides is 1. The zero-order chi connectivity index (χ0) is 15.0. The first kappa shape index (κ1) is 14.0. The zero-order valence-corrected chi connectivity index (χ0v) is 12.6. The fraction of sp³-hybridized carbons (Fsp3) is 0.471. The molecule has 3 N–H and O–H groups in total. The van der Waals surface area contributed by atoms with Crippen LogP contribution in [-0.4, -0.2) is 11.9 Å². The zero-order valence-electron chi connectivity index (χ0n) is 12.6. The molecule has 0 spiro atoms. The molecule has 2 aromatic rings. The first-order valence-electron chi connectivity index (χ1n) is 7.53. The van der Waals surface area contributed by atoms with Gasteiger partial charge in [0.1, 0.15) is 5.58 Å². The van der Waals surface area contributed by atoms with Crippen LogP contribution in [0.15, 0.2) is 28.7 Å². The van der Waals surface area contributed by atoms with Crippen molar-refractivity contribution in [3.8, 4) is 0 Å². The van der Waals surface area contributed by atoms with Gasteiger partial charge in [-0.25, -0.2) is 0 Å². The monoisotopic (exact) mass is 286 g/mol. The summed E-state index contributed by atoms with van der Waals surface area (Å²) >= 11 is 0. The summed E-state index contributed by atoms with van der Waals surface area (Å²) in [7, 11) is 0. The van der Waals surface area contributed by atoms with E-state index < -0.39 is 0 Å². The topological polar surface area (TPSA) is 68.3 Å². The van der Waals surface area contributed by atoms with Crippen LogP contribution in [-0.2, 0) is 0 Å². The summed E-state index contributed by atoms with van der Waals surface area (Å²) in [6.07, 6.45) is 4.45. The van der Waals surface area contributed by atoms with Gasteiger partial charge in [0.2, 0.25) is 0 Å². The van der Waals surface area contributed by atoms with E-state index in [2.05, 4.69) is 19.2 Å². The number of furan rings is 1. The fourth-order valence-electron chi connectivity index (χ4n) is 3.25. The lowest BCUT2D eigenvalue weighted by Gasteiger charge is -2.35. The number of carbonyl (C=O) groups excluding carboxylic acids is 1. The number of benzene rings is 1. The van der Waals surface area contributed by atoms with Gasteiger partial charge >= 0.3 is 0 Å². The highest BCUT2D eigenvalue weighted by Gasteiger charge is 2.29. The van der Waals surface area contributed by atoms with Crippen LogP contribution >= 0.6 is 0 Å². The SMILES string of the molecule is CC1(C)CCCC(NC(=O)c2cc3cc(N)ccc3o2)C1. The van der Waals surface area contributed by atoms with E-state index in [4.69, 9.17) is 10.2 Å². The van der Waals surface area contributed by atoms with E-state index in [1.165, 1.54) is 6.42 Å². The number of anilines is 1. The van der Waals surface area contributed by atoms with Gasteiger partial charge in [-0.1, -0.05) is 20.3 Å². The first-order valence-corrected chi connectivity index (χ1v) is 7.53. The standard InChI is InChI=1S/C17H22N2O2/c1-17(2)7-3-4-13(10-17)19-16(20)15-9-11-8-12(18)5-6-14(11)21-15/h5-6,8-9,13H,3-4,7,10,18H2,1-2H3,(H,19,20). The van der Waals surface area contributed by atoms with E-state index in [1.54, 1.807) is 18.2 Å². The number of hydrogen-bond donors (Lipinski definition) is 2. The third-order valence-electron chi connectivity index (χ3n) is 4.30. The predicted octanol–water partition coefficient (Wildman–Crippen LogP) is 3.71. The molecule has 1 aliphatic carbocycles. The maximum absolute atomic E-state index is 12.3. The minimum Gasteiger partial charge on any atom is -0.451 e. The average molecular weight is 286 g/mol. The van der Waals surface area contributed by atoms with Crippen molar-refractivity contribution in [1.82, 2.24) is 5.32 Å². The van der Waals surface area contributed by atoms with Crippen molar-refractivity contribution in [2.45, 2.75) is 45.6 Å². The summed E-state index contributed by atoms with van der Waals surface area (Å²) in [5, 5.41) is 3.97. The molecule has 1 aromatic heterocycles. The van der Waals surface area contributed by atoms with Gasteiger partial charge < -0.3 is 15.5 Å². The van der Waals surface area contributed by atoms with Gasteiger partial charge in [0.05, 0.1) is 0 Å². The van der Waals surface area contributed by atoms with Gasteiger partial charge in [0, 0.05) is 17.1 Å². The lowest BCUT2D eigenvalue weighted by atomic mass is 9.75. The molecule has 112 valence electrons. The molecule has 1 heterocycles. The molecule has 1 fully saturated rings. The number of nitrogen functional groups attached to an aromatic ring is 1. The highest BCUT2D eigenvalue weighted by Crippen LogP contribution is 2.35. The van der Waals surface area contributed by atoms with Crippen LogP contribution in [0.3, 0.4) is 0 Å². The van der Waals surface area contributed by atoms with E-state index in [0.717, 1.165) is 24.6 Å². The summed E-state index contributed by atoms with van der Waals surface area (Å²) in [6, 6.07) is 7.39. The van der Waals surface area contributed by atoms with Crippen LogP contribution in [0.4, 0.5) is 5.69 Å². The molecule has 1 atom stereocenters. The third-order valence-corrected chi connectivity index (χ3v) is 4.30. The summed E-state index contributed by atoms with van der Waals surface area (Å²) in [5.74, 6) is 0.228. The van der Waals surface area contributed by atoms with Gasteiger partial charge in [0.25, 0.3) is 5.91 Å². The molecule has 3 rings (SSSR count). The first-order chi connectivity index (χ1) is 9.93. The van der Waals surface area contributed by atoms with Crippen LogP contribution in [0.25, 0.3) is 11.0 Å². The number of nitrogens with two attached hydrogens (primary N) is 1. The van der Waals surface area contributed by atoms with E-state index in [9.17, 15) is 4.79 Å². The molecule has 0 saturated heterocycles. The van der Waals surface area contributed by atoms with Crippen LogP contribution in [0.2, 0.25) is 0 Å². The molecular formula is C17H22N2O2. The number of rotatable bonds is 2. The minimum absolute atomic E-state index is 0.132. The van der Waals surface area contributed by atoms with E-state index >= 15 is 0 Å². The Hall–Kier alpha value is -1.97. The summed E-state index contributed by atoms with van der Waals surface area (Å²) < 4.78 is 5.61. The molecule has 1 aromatic carbocycles. The van der Waals surface area contributed by atoms with Crippen molar-refractivity contribution in [3.05, 3.63) is 30.0 Å². The molecule has 1 saturated carbocycles. The third kappa shape index (κ3) is 3.04. The molecule has 4 heteroatoms. The second-order valence-corrected chi connectivity index (χ2v) is 6.84. The van der Waals surface area contributed by atoms with Gasteiger partial charge in [-0.3, -0.25) is 4.79 Å². The Labute approximate surface area is 124 Å². The van der Waals surface area contributed by atoms with Crippen molar-refractivity contribution in [2.75, 3.05) is 5.73 Å². The number of fused-ring (bicyclic) bond motifs is 1. The Kier molecular flexibility index (Phi) is 3.40. The van der Waals surface area contributed by atoms with Crippen molar-refractivity contribution < 1.29 is 9.21 Å². The smallest absolute Gasteiger partial charge is 0.287 e. The Morgan fingerprint density at radius 2 is 2.19 bits per heavy atom. The minimum atomic E-state index is -0.132. The average Bonchev–Trinajstić information content (AvgIpc) is 2.80. The number of nitrogens with one attached hydrogen (secondary N) is 1. The van der Waals surface area contributed by atoms with Crippen molar-refractivity contribution >= 4 is 22.6 Å². The molecule has 0 aliphatic heterocycles. The van der Waals surface area contributed by atoms with Crippen molar-refractivity contribution in [2.24, 2.45) is 5.41 Å².